The molecule has 4 rings (SSSR count). The van der Waals surface area contributed by atoms with Crippen LogP contribution in [0, 0.1) is 36.5 Å². The van der Waals surface area contributed by atoms with E-state index in [2.05, 4.69) is 60.2 Å². The number of rotatable bonds is 3. The lowest BCUT2D eigenvalue weighted by Crippen LogP contribution is -2.00. The predicted molar refractivity (Wildman–Crippen MR) is 124 cm³/mol. The number of hydrogen-bond acceptors (Lipinski definition) is 6. The number of nitrogens with zero attached hydrogens (tertiary/aromatic N) is 5. The third-order valence-corrected chi connectivity index (χ3v) is 5.34. The van der Waals surface area contributed by atoms with E-state index in [4.69, 9.17) is 10.5 Å². The van der Waals surface area contributed by atoms with Gasteiger partial charge in [0, 0.05) is 16.4 Å². The van der Waals surface area contributed by atoms with Gasteiger partial charge in [0.1, 0.15) is 11.7 Å². The van der Waals surface area contributed by atoms with Gasteiger partial charge in [-0.25, -0.2) is 4.98 Å². The second-order valence-electron chi connectivity index (χ2n) is 6.81. The first-order chi connectivity index (χ1) is 14.9. The standard InChI is InChI=1S/C15H13BrN6.C8H7N/c1-3-11-13(16)12-8(2)19-15(22-14(12)21-11)20-10-4-9(5-17)6-18-7-10;1-7-3-2-4-8(5-7)6-9/h4,6-7H,3H2,1-2H3,(H2,19,20,21,22);2-5H,1H3. The summed E-state index contributed by atoms with van der Waals surface area (Å²) in [4.78, 5) is 16.3. The summed E-state index contributed by atoms with van der Waals surface area (Å²) in [6, 6.07) is 13.3. The van der Waals surface area contributed by atoms with Crippen LogP contribution in [-0.2, 0) is 6.42 Å². The first-order valence-electron chi connectivity index (χ1n) is 9.58. The first kappa shape index (κ1) is 21.9. The number of hydrogen-bond donors (Lipinski definition) is 2. The van der Waals surface area contributed by atoms with E-state index in [1.807, 2.05) is 32.0 Å². The van der Waals surface area contributed by atoms with Crippen LogP contribution in [0.1, 0.15) is 35.0 Å². The molecule has 0 saturated heterocycles. The van der Waals surface area contributed by atoms with E-state index in [9.17, 15) is 0 Å². The van der Waals surface area contributed by atoms with Crippen molar-refractivity contribution in [2.75, 3.05) is 5.32 Å². The molecule has 7 nitrogen and oxygen atoms in total. The van der Waals surface area contributed by atoms with Crippen molar-refractivity contribution in [2.24, 2.45) is 0 Å². The lowest BCUT2D eigenvalue weighted by Gasteiger charge is -2.06. The van der Waals surface area contributed by atoms with Crippen molar-refractivity contribution in [1.82, 2.24) is 19.9 Å². The molecule has 0 bridgehead atoms. The van der Waals surface area contributed by atoms with Crippen LogP contribution in [0.15, 0.2) is 47.2 Å². The van der Waals surface area contributed by atoms with E-state index in [-0.39, 0.29) is 0 Å². The second kappa shape index (κ2) is 9.84. The molecule has 2 N–H and O–H groups in total. The molecule has 1 aromatic carbocycles. The number of H-pyrrole nitrogens is 1. The molecule has 8 heteroatoms. The van der Waals surface area contributed by atoms with Gasteiger partial charge in [0.15, 0.2) is 0 Å². The lowest BCUT2D eigenvalue weighted by atomic mass is 10.2. The number of nitrogens with one attached hydrogen (secondary N) is 2. The van der Waals surface area contributed by atoms with Gasteiger partial charge >= 0.3 is 0 Å². The molecule has 0 fully saturated rings. The van der Waals surface area contributed by atoms with Crippen LogP contribution in [0.4, 0.5) is 11.6 Å². The molecule has 3 heterocycles. The number of pyridine rings is 1. The molecule has 0 saturated carbocycles. The fourth-order valence-corrected chi connectivity index (χ4v) is 3.84. The third-order valence-electron chi connectivity index (χ3n) is 4.47. The average molecular weight is 474 g/mol. The fourth-order valence-electron chi connectivity index (χ4n) is 2.99. The van der Waals surface area contributed by atoms with E-state index >= 15 is 0 Å². The number of nitriles is 2. The van der Waals surface area contributed by atoms with Gasteiger partial charge < -0.3 is 10.3 Å². The van der Waals surface area contributed by atoms with Crippen molar-refractivity contribution in [3.05, 3.63) is 75.3 Å². The van der Waals surface area contributed by atoms with E-state index in [0.29, 0.717) is 17.2 Å². The number of aryl methyl sites for hydroxylation is 3. The maximum atomic E-state index is 8.91. The number of aromatic amines is 1. The van der Waals surface area contributed by atoms with Crippen LogP contribution in [0.25, 0.3) is 11.0 Å². The summed E-state index contributed by atoms with van der Waals surface area (Å²) in [5, 5.41) is 21.4. The van der Waals surface area contributed by atoms with Gasteiger partial charge in [-0.2, -0.15) is 15.5 Å². The number of aromatic nitrogens is 4. The molecule has 0 aliphatic carbocycles. The molecule has 4 aromatic rings. The largest absolute Gasteiger partial charge is 0.342 e. The van der Waals surface area contributed by atoms with E-state index < -0.39 is 0 Å². The molecule has 0 amide bonds. The van der Waals surface area contributed by atoms with Crippen molar-refractivity contribution >= 4 is 38.6 Å². The Morgan fingerprint density at radius 1 is 1.06 bits per heavy atom. The van der Waals surface area contributed by atoms with Gasteiger partial charge in [0.2, 0.25) is 5.95 Å². The Morgan fingerprint density at radius 3 is 2.48 bits per heavy atom. The maximum absolute atomic E-state index is 8.91. The molecule has 0 atom stereocenters. The van der Waals surface area contributed by atoms with E-state index in [1.54, 1.807) is 18.3 Å². The van der Waals surface area contributed by atoms with E-state index in [0.717, 1.165) is 44.4 Å². The SMILES string of the molecule is CCc1[nH]c2nc(Nc3cncc(C#N)c3)nc(C)c2c1Br.Cc1cccc(C#N)c1. The monoisotopic (exact) mass is 473 g/mol. The number of fused-ring (bicyclic) bond motifs is 1. The molecular formula is C23H20BrN7. The van der Waals surface area contributed by atoms with Crippen LogP contribution in [0.3, 0.4) is 0 Å². The molecule has 154 valence electrons. The maximum Gasteiger partial charge on any atom is 0.229 e. The zero-order chi connectivity index (χ0) is 22.4. The highest BCUT2D eigenvalue weighted by atomic mass is 79.9. The normalized spacial score (nSPS) is 10.0. The summed E-state index contributed by atoms with van der Waals surface area (Å²) in [7, 11) is 0. The van der Waals surface area contributed by atoms with Crippen LogP contribution in [0.2, 0.25) is 0 Å². The Balaban J connectivity index is 0.000000254. The molecule has 31 heavy (non-hydrogen) atoms. The lowest BCUT2D eigenvalue weighted by molar-refractivity contribution is 1.06. The Kier molecular flexibility index (Phi) is 6.96. The number of halogens is 1. The van der Waals surface area contributed by atoms with Crippen molar-refractivity contribution in [2.45, 2.75) is 27.2 Å². The minimum Gasteiger partial charge on any atom is -0.342 e. The zero-order valence-corrected chi connectivity index (χ0v) is 18.9. The van der Waals surface area contributed by atoms with Gasteiger partial charge in [-0.05, 0) is 60.0 Å². The first-order valence-corrected chi connectivity index (χ1v) is 10.4. The highest BCUT2D eigenvalue weighted by Gasteiger charge is 2.14. The summed E-state index contributed by atoms with van der Waals surface area (Å²) in [6.07, 6.45) is 4.02. The fraction of sp³-hybridized carbons (Fsp3) is 0.174. The quantitative estimate of drug-likeness (QED) is 0.407. The highest BCUT2D eigenvalue weighted by molar-refractivity contribution is 9.10. The summed E-state index contributed by atoms with van der Waals surface area (Å²) in [6.45, 7) is 5.99. The topological polar surface area (TPSA) is 114 Å². The van der Waals surface area contributed by atoms with Crippen LogP contribution >= 0.6 is 15.9 Å². The van der Waals surface area contributed by atoms with Crippen LogP contribution in [-0.4, -0.2) is 19.9 Å². The molecular weight excluding hydrogens is 454 g/mol. The Morgan fingerprint density at radius 2 is 1.84 bits per heavy atom. The zero-order valence-electron chi connectivity index (χ0n) is 17.4. The van der Waals surface area contributed by atoms with Gasteiger partial charge in [0.25, 0.3) is 0 Å². The second-order valence-corrected chi connectivity index (χ2v) is 7.60. The minimum absolute atomic E-state index is 0.471. The smallest absolute Gasteiger partial charge is 0.229 e. The van der Waals surface area contributed by atoms with Gasteiger partial charge in [0.05, 0.1) is 40.2 Å². The summed E-state index contributed by atoms with van der Waals surface area (Å²) in [5.41, 5.74) is 5.78. The van der Waals surface area contributed by atoms with Gasteiger partial charge in [-0.15, -0.1) is 0 Å². The highest BCUT2D eigenvalue weighted by Crippen LogP contribution is 2.30. The number of benzene rings is 1. The summed E-state index contributed by atoms with van der Waals surface area (Å²) in [5.74, 6) is 0.471. The van der Waals surface area contributed by atoms with Crippen LogP contribution < -0.4 is 5.32 Å². The van der Waals surface area contributed by atoms with Crippen molar-refractivity contribution in [3.8, 4) is 12.1 Å². The van der Waals surface area contributed by atoms with Crippen molar-refractivity contribution < 1.29 is 0 Å². The molecule has 0 aliphatic heterocycles. The van der Waals surface area contributed by atoms with Crippen LogP contribution in [0.5, 0.6) is 0 Å². The summed E-state index contributed by atoms with van der Waals surface area (Å²) < 4.78 is 1.02. The predicted octanol–water partition coefficient (Wildman–Crippen LogP) is 5.47. The molecule has 0 unspecified atom stereocenters. The summed E-state index contributed by atoms with van der Waals surface area (Å²) >= 11 is 3.60. The molecule has 3 aromatic heterocycles. The molecule has 0 radical (unpaired) electrons. The molecule has 0 spiro atoms. The van der Waals surface area contributed by atoms with Gasteiger partial charge in [-0.3, -0.25) is 4.98 Å². The van der Waals surface area contributed by atoms with Crippen molar-refractivity contribution in [1.29, 1.82) is 10.5 Å². The Bertz CT molecular complexity index is 1310. The third kappa shape index (κ3) is 5.25. The molecule has 0 aliphatic rings. The van der Waals surface area contributed by atoms with E-state index in [1.165, 1.54) is 6.20 Å². The Hall–Kier alpha value is -3.75. The number of anilines is 2. The minimum atomic E-state index is 0.471. The Labute approximate surface area is 188 Å². The average Bonchev–Trinajstić information content (AvgIpc) is 3.10. The van der Waals surface area contributed by atoms with Gasteiger partial charge in [-0.1, -0.05) is 19.1 Å². The van der Waals surface area contributed by atoms with Crippen molar-refractivity contribution in [3.63, 3.8) is 0 Å².